The molecule has 0 aromatic heterocycles. The van der Waals surface area contributed by atoms with E-state index in [1.54, 1.807) is 19.2 Å². The summed E-state index contributed by atoms with van der Waals surface area (Å²) in [7, 11) is 1.65. The Morgan fingerprint density at radius 1 is 0.958 bits per heavy atom. The molecule has 0 radical (unpaired) electrons. The van der Waals surface area contributed by atoms with Crippen molar-refractivity contribution >= 4 is 21.6 Å². The summed E-state index contributed by atoms with van der Waals surface area (Å²) in [6.07, 6.45) is 0. The van der Waals surface area contributed by atoms with Crippen molar-refractivity contribution in [3.05, 3.63) is 82.6 Å². The summed E-state index contributed by atoms with van der Waals surface area (Å²) in [5.41, 5.74) is 4.14. The second kappa shape index (κ2) is 7.49. The third-order valence-corrected chi connectivity index (χ3v) is 4.38. The fourth-order valence-electron chi connectivity index (χ4n) is 2.50. The van der Waals surface area contributed by atoms with Crippen LogP contribution < -0.4 is 10.1 Å². The Morgan fingerprint density at radius 2 is 1.75 bits per heavy atom. The van der Waals surface area contributed by atoms with Crippen LogP contribution in [0.15, 0.2) is 71.2 Å². The summed E-state index contributed by atoms with van der Waals surface area (Å²) >= 11 is 3.22. The molecule has 0 spiro atoms. The number of ether oxygens (including phenoxy) is 1. The fraction of sp³-hybridized carbons (Fsp3) is 0.100. The van der Waals surface area contributed by atoms with Crippen LogP contribution >= 0.6 is 15.9 Å². The van der Waals surface area contributed by atoms with Gasteiger partial charge in [-0.1, -0.05) is 42.5 Å². The van der Waals surface area contributed by atoms with Crippen LogP contribution in [0, 0.1) is 5.82 Å². The topological polar surface area (TPSA) is 21.3 Å². The van der Waals surface area contributed by atoms with E-state index in [9.17, 15) is 4.39 Å². The van der Waals surface area contributed by atoms with Gasteiger partial charge >= 0.3 is 0 Å². The smallest absolute Gasteiger partial charge is 0.141 e. The monoisotopic (exact) mass is 385 g/mol. The average molecular weight is 386 g/mol. The largest absolute Gasteiger partial charge is 0.495 e. The Kier molecular flexibility index (Phi) is 5.16. The lowest BCUT2D eigenvalue weighted by Gasteiger charge is -2.13. The number of benzene rings is 3. The third-order valence-electron chi connectivity index (χ3n) is 3.77. The molecule has 0 saturated carbocycles. The van der Waals surface area contributed by atoms with Gasteiger partial charge in [-0.15, -0.1) is 0 Å². The third kappa shape index (κ3) is 3.77. The van der Waals surface area contributed by atoms with E-state index in [2.05, 4.69) is 39.4 Å². The van der Waals surface area contributed by atoms with E-state index < -0.39 is 0 Å². The molecule has 122 valence electrons. The predicted molar refractivity (Wildman–Crippen MR) is 99.9 cm³/mol. The van der Waals surface area contributed by atoms with Gasteiger partial charge in [-0.3, -0.25) is 0 Å². The van der Waals surface area contributed by atoms with Crippen LogP contribution in [0.25, 0.3) is 11.1 Å². The van der Waals surface area contributed by atoms with Crippen LogP contribution in [-0.2, 0) is 6.54 Å². The van der Waals surface area contributed by atoms with Crippen molar-refractivity contribution in [3.63, 3.8) is 0 Å². The number of methoxy groups -OCH3 is 1. The maximum Gasteiger partial charge on any atom is 0.141 e. The minimum atomic E-state index is -0.262. The molecule has 2 nitrogen and oxygen atoms in total. The van der Waals surface area contributed by atoms with Crippen LogP contribution in [-0.4, -0.2) is 7.11 Å². The summed E-state index contributed by atoms with van der Waals surface area (Å²) in [4.78, 5) is 0. The highest BCUT2D eigenvalue weighted by atomic mass is 79.9. The quantitative estimate of drug-likeness (QED) is 0.592. The van der Waals surface area contributed by atoms with Crippen LogP contribution in [0.5, 0.6) is 5.75 Å². The van der Waals surface area contributed by atoms with Crippen molar-refractivity contribution in [3.8, 4) is 16.9 Å². The first kappa shape index (κ1) is 16.5. The van der Waals surface area contributed by atoms with E-state index in [1.165, 1.54) is 6.07 Å². The summed E-state index contributed by atoms with van der Waals surface area (Å²) in [6.45, 7) is 0.577. The number of anilines is 1. The summed E-state index contributed by atoms with van der Waals surface area (Å²) < 4.78 is 19.2. The van der Waals surface area contributed by atoms with E-state index in [0.29, 0.717) is 11.0 Å². The molecule has 4 heteroatoms. The molecule has 0 amide bonds. The van der Waals surface area contributed by atoms with Crippen molar-refractivity contribution in [1.82, 2.24) is 0 Å². The minimum Gasteiger partial charge on any atom is -0.495 e. The average Bonchev–Trinajstić information content (AvgIpc) is 2.63. The predicted octanol–water partition coefficient (Wildman–Crippen LogP) is 5.88. The van der Waals surface area contributed by atoms with Gasteiger partial charge in [-0.2, -0.15) is 0 Å². The number of hydrogen-bond acceptors (Lipinski definition) is 2. The number of hydrogen-bond donors (Lipinski definition) is 1. The van der Waals surface area contributed by atoms with Gasteiger partial charge in [0.15, 0.2) is 0 Å². The van der Waals surface area contributed by atoms with Crippen molar-refractivity contribution in [1.29, 1.82) is 0 Å². The summed E-state index contributed by atoms with van der Waals surface area (Å²) in [6, 6.07) is 21.2. The standard InChI is InChI=1S/C20H17BrFNO/c1-24-20-10-8-16(15-5-3-2-4-6-15)12-19(20)23-13-14-7-9-18(22)17(21)11-14/h2-12,23H,13H2,1H3. The second-order valence-electron chi connectivity index (χ2n) is 5.38. The molecule has 0 bridgehead atoms. The number of nitrogens with one attached hydrogen (secondary N) is 1. The van der Waals surface area contributed by atoms with Crippen molar-refractivity contribution in [2.45, 2.75) is 6.54 Å². The van der Waals surface area contributed by atoms with Crippen molar-refractivity contribution in [2.75, 3.05) is 12.4 Å². The van der Waals surface area contributed by atoms with E-state index in [0.717, 1.165) is 28.1 Å². The summed E-state index contributed by atoms with van der Waals surface area (Å²) in [5.74, 6) is 0.512. The Hall–Kier alpha value is -2.33. The molecule has 0 aliphatic rings. The van der Waals surface area contributed by atoms with E-state index >= 15 is 0 Å². The molecule has 3 aromatic carbocycles. The minimum absolute atomic E-state index is 0.262. The molecule has 0 saturated heterocycles. The van der Waals surface area contributed by atoms with E-state index in [-0.39, 0.29) is 5.82 Å². The lowest BCUT2D eigenvalue weighted by molar-refractivity contribution is 0.416. The summed E-state index contributed by atoms with van der Waals surface area (Å²) in [5, 5.41) is 3.37. The van der Waals surface area contributed by atoms with Crippen molar-refractivity contribution in [2.24, 2.45) is 0 Å². The van der Waals surface area contributed by atoms with Crippen LogP contribution in [0.3, 0.4) is 0 Å². The molecule has 0 fully saturated rings. The highest BCUT2D eigenvalue weighted by Crippen LogP contribution is 2.31. The Labute approximate surface area is 149 Å². The van der Waals surface area contributed by atoms with Gasteiger partial charge in [0.1, 0.15) is 11.6 Å². The molecule has 0 unspecified atom stereocenters. The lowest BCUT2D eigenvalue weighted by atomic mass is 10.0. The van der Waals surface area contributed by atoms with Gasteiger partial charge in [0.2, 0.25) is 0 Å². The molecule has 0 aliphatic carbocycles. The van der Waals surface area contributed by atoms with Gasteiger partial charge in [0.25, 0.3) is 0 Å². The van der Waals surface area contributed by atoms with Crippen LogP contribution in [0.4, 0.5) is 10.1 Å². The molecule has 0 atom stereocenters. The van der Waals surface area contributed by atoms with E-state index in [4.69, 9.17) is 4.74 Å². The highest BCUT2D eigenvalue weighted by Gasteiger charge is 2.07. The Bertz CT molecular complexity index is 836. The van der Waals surface area contributed by atoms with Gasteiger partial charge < -0.3 is 10.1 Å². The van der Waals surface area contributed by atoms with Gasteiger partial charge in [0.05, 0.1) is 17.3 Å². The van der Waals surface area contributed by atoms with Gasteiger partial charge in [0, 0.05) is 6.54 Å². The van der Waals surface area contributed by atoms with Gasteiger partial charge in [-0.05, 0) is 56.9 Å². The van der Waals surface area contributed by atoms with Gasteiger partial charge in [-0.25, -0.2) is 4.39 Å². The normalized spacial score (nSPS) is 10.5. The first-order chi connectivity index (χ1) is 11.7. The zero-order valence-electron chi connectivity index (χ0n) is 13.2. The molecular weight excluding hydrogens is 369 g/mol. The second-order valence-corrected chi connectivity index (χ2v) is 6.24. The number of rotatable bonds is 5. The lowest BCUT2D eigenvalue weighted by Crippen LogP contribution is -2.02. The molecule has 3 rings (SSSR count). The molecule has 3 aromatic rings. The zero-order chi connectivity index (χ0) is 16.9. The first-order valence-electron chi connectivity index (χ1n) is 7.58. The van der Waals surface area contributed by atoms with Crippen molar-refractivity contribution < 1.29 is 9.13 Å². The fourth-order valence-corrected chi connectivity index (χ4v) is 2.93. The van der Waals surface area contributed by atoms with Crippen LogP contribution in [0.1, 0.15) is 5.56 Å². The molecule has 24 heavy (non-hydrogen) atoms. The Morgan fingerprint density at radius 3 is 2.46 bits per heavy atom. The van der Waals surface area contributed by atoms with E-state index in [1.807, 2.05) is 30.3 Å². The first-order valence-corrected chi connectivity index (χ1v) is 8.38. The molecular formula is C20H17BrFNO. The maximum absolute atomic E-state index is 13.3. The molecule has 0 heterocycles. The van der Waals surface area contributed by atoms with Crippen LogP contribution in [0.2, 0.25) is 0 Å². The zero-order valence-corrected chi connectivity index (χ0v) is 14.8. The Balaban J connectivity index is 1.84. The number of halogens is 2. The SMILES string of the molecule is COc1ccc(-c2ccccc2)cc1NCc1ccc(F)c(Br)c1. The molecule has 0 aliphatic heterocycles. The highest BCUT2D eigenvalue weighted by molar-refractivity contribution is 9.10. The molecule has 1 N–H and O–H groups in total. The maximum atomic E-state index is 13.3.